The van der Waals surface area contributed by atoms with Crippen LogP contribution in [0.5, 0.6) is 0 Å². The Labute approximate surface area is 517 Å². The molecule has 19 heteroatoms. The second-order valence-electron chi connectivity index (χ2n) is 24.8. The SMILES string of the molecule is CCCCCCCCCCCCCC(=O)O[C@H](COC(=O)CCCCCCCCCCCC)COP(=O)(O)OC[C@H](O)COP(=O)(O)OC[C@@H](COC(=O)CCCCCCCCCCC(C)C)OC(=O)CCCCCCCCCCCCC(C)C. The number of carbonyl (C=O) groups is 4. The molecule has 17 nitrogen and oxygen atoms in total. The third-order valence-corrected chi connectivity index (χ3v) is 17.1. The second kappa shape index (κ2) is 58.4. The number of phosphoric ester groups is 2. The van der Waals surface area contributed by atoms with Gasteiger partial charge in [-0.2, -0.15) is 0 Å². The summed E-state index contributed by atoms with van der Waals surface area (Å²) in [5.74, 6) is -0.652. The fraction of sp³-hybridized carbons (Fsp3) is 0.939. The maximum atomic E-state index is 13.0. The van der Waals surface area contributed by atoms with E-state index in [1.165, 1.54) is 148 Å². The highest BCUT2D eigenvalue weighted by atomic mass is 31.2. The largest absolute Gasteiger partial charge is 0.472 e. The summed E-state index contributed by atoms with van der Waals surface area (Å²) in [5.41, 5.74) is 0. The highest BCUT2D eigenvalue weighted by Crippen LogP contribution is 2.45. The molecule has 0 fully saturated rings. The number of carbonyl (C=O) groups excluding carboxylic acids is 4. The molecule has 0 heterocycles. The molecule has 5 atom stereocenters. The van der Waals surface area contributed by atoms with Crippen LogP contribution >= 0.6 is 15.6 Å². The predicted molar refractivity (Wildman–Crippen MR) is 340 cm³/mol. The van der Waals surface area contributed by atoms with Crippen molar-refractivity contribution in [3.63, 3.8) is 0 Å². The number of phosphoric acid groups is 2. The van der Waals surface area contributed by atoms with Crippen molar-refractivity contribution < 1.29 is 80.2 Å². The molecule has 85 heavy (non-hydrogen) atoms. The van der Waals surface area contributed by atoms with Crippen molar-refractivity contribution >= 4 is 39.5 Å². The molecule has 0 aliphatic heterocycles. The number of hydrogen-bond acceptors (Lipinski definition) is 15. The molecule has 0 rings (SSSR count). The molecule has 0 spiro atoms. The first-order valence-corrected chi connectivity index (χ1v) is 37.5. The van der Waals surface area contributed by atoms with Crippen molar-refractivity contribution in [1.29, 1.82) is 0 Å². The quantitative estimate of drug-likeness (QED) is 0.0222. The van der Waals surface area contributed by atoms with E-state index in [0.717, 1.165) is 102 Å². The Balaban J connectivity index is 5.25. The van der Waals surface area contributed by atoms with E-state index in [1.54, 1.807) is 0 Å². The van der Waals surface area contributed by atoms with Crippen LogP contribution in [0.4, 0.5) is 0 Å². The molecule has 0 aromatic heterocycles. The molecule has 0 aliphatic rings. The summed E-state index contributed by atoms with van der Waals surface area (Å²) in [5, 5.41) is 10.6. The van der Waals surface area contributed by atoms with Crippen molar-refractivity contribution in [2.24, 2.45) is 11.8 Å². The van der Waals surface area contributed by atoms with E-state index in [9.17, 15) is 43.2 Å². The Morgan fingerprint density at radius 2 is 0.541 bits per heavy atom. The Kier molecular flexibility index (Phi) is 57.1. The summed E-state index contributed by atoms with van der Waals surface area (Å²) in [6.07, 6.45) is 41.6. The van der Waals surface area contributed by atoms with Crippen LogP contribution in [0.2, 0.25) is 0 Å². The molecular formula is C66H128O17P2. The van der Waals surface area contributed by atoms with Crippen molar-refractivity contribution in [2.75, 3.05) is 39.6 Å². The summed E-state index contributed by atoms with van der Waals surface area (Å²) < 4.78 is 68.1. The van der Waals surface area contributed by atoms with Gasteiger partial charge in [0.1, 0.15) is 19.3 Å². The number of esters is 4. The zero-order chi connectivity index (χ0) is 62.9. The topological polar surface area (TPSA) is 237 Å². The van der Waals surface area contributed by atoms with Gasteiger partial charge >= 0.3 is 39.5 Å². The van der Waals surface area contributed by atoms with Crippen molar-refractivity contribution in [2.45, 2.75) is 349 Å². The van der Waals surface area contributed by atoms with E-state index < -0.39 is 97.5 Å². The minimum Gasteiger partial charge on any atom is -0.462 e. The lowest BCUT2D eigenvalue weighted by Gasteiger charge is -2.21. The maximum Gasteiger partial charge on any atom is 0.472 e. The highest BCUT2D eigenvalue weighted by Gasteiger charge is 2.30. The Morgan fingerprint density at radius 3 is 0.800 bits per heavy atom. The van der Waals surface area contributed by atoms with Gasteiger partial charge in [0.2, 0.25) is 0 Å². The smallest absolute Gasteiger partial charge is 0.462 e. The number of aliphatic hydroxyl groups excluding tert-OH is 1. The molecule has 0 aromatic carbocycles. The normalized spacial score (nSPS) is 14.2. The maximum absolute atomic E-state index is 13.0. The van der Waals surface area contributed by atoms with Gasteiger partial charge in [0.25, 0.3) is 0 Å². The molecule has 504 valence electrons. The van der Waals surface area contributed by atoms with Crippen LogP contribution in [0, 0.1) is 11.8 Å². The van der Waals surface area contributed by atoms with Crippen LogP contribution in [0.15, 0.2) is 0 Å². The van der Waals surface area contributed by atoms with Gasteiger partial charge < -0.3 is 33.8 Å². The standard InChI is InChI=1S/C66H128O17P2/c1-7-9-11-13-15-17-19-24-32-38-44-50-65(70)82-61(54-76-63(68)48-42-36-30-23-18-16-14-12-10-8-2)56-80-84(72,73)78-52-60(67)53-79-85(74,75)81-57-62(55-77-64(69)49-43-37-31-27-26-29-35-41-47-59(5)6)83-66(71)51-45-39-33-25-21-20-22-28-34-40-46-58(3)4/h58-62,67H,7-57H2,1-6H3,(H,72,73)(H,74,75)/t60-,61+,62+/m0/s1. The lowest BCUT2D eigenvalue weighted by molar-refractivity contribution is -0.161. The summed E-state index contributed by atoms with van der Waals surface area (Å²) in [6, 6.07) is 0. The molecule has 0 aromatic rings. The first-order chi connectivity index (χ1) is 40.9. The number of aliphatic hydroxyl groups is 1. The zero-order valence-electron chi connectivity index (χ0n) is 54.9. The highest BCUT2D eigenvalue weighted by molar-refractivity contribution is 7.47. The molecule has 3 N–H and O–H groups in total. The molecule has 2 unspecified atom stereocenters. The molecule has 0 bridgehead atoms. The van der Waals surface area contributed by atoms with Gasteiger partial charge in [-0.05, 0) is 37.5 Å². The summed E-state index contributed by atoms with van der Waals surface area (Å²) >= 11 is 0. The lowest BCUT2D eigenvalue weighted by atomic mass is 10.0. The minimum atomic E-state index is -4.95. The van der Waals surface area contributed by atoms with E-state index in [4.69, 9.17) is 37.0 Å². The monoisotopic (exact) mass is 1250 g/mol. The first-order valence-electron chi connectivity index (χ1n) is 34.5. The number of unbranched alkanes of at least 4 members (excludes halogenated alkanes) is 35. The molecule has 0 radical (unpaired) electrons. The van der Waals surface area contributed by atoms with Crippen LogP contribution in [-0.4, -0.2) is 96.7 Å². The Hall–Kier alpha value is -1.94. The summed E-state index contributed by atoms with van der Waals surface area (Å²) in [7, 11) is -9.89. The van der Waals surface area contributed by atoms with E-state index in [2.05, 4.69) is 41.5 Å². The van der Waals surface area contributed by atoms with Crippen LogP contribution in [0.1, 0.15) is 330 Å². The second-order valence-corrected chi connectivity index (χ2v) is 27.7. The average Bonchev–Trinajstić information content (AvgIpc) is 3.59. The van der Waals surface area contributed by atoms with E-state index in [-0.39, 0.29) is 25.7 Å². The van der Waals surface area contributed by atoms with E-state index in [0.29, 0.717) is 25.7 Å². The minimum absolute atomic E-state index is 0.105. The Morgan fingerprint density at radius 1 is 0.318 bits per heavy atom. The van der Waals surface area contributed by atoms with Crippen LogP contribution in [0.25, 0.3) is 0 Å². The fourth-order valence-electron chi connectivity index (χ4n) is 9.88. The third-order valence-electron chi connectivity index (χ3n) is 15.2. The summed E-state index contributed by atoms with van der Waals surface area (Å²) in [4.78, 5) is 72.3. The molecular weight excluding hydrogens is 1130 g/mol. The molecule has 0 saturated heterocycles. The van der Waals surface area contributed by atoms with Gasteiger partial charge in [-0.3, -0.25) is 37.3 Å². The van der Waals surface area contributed by atoms with Crippen molar-refractivity contribution in [3.8, 4) is 0 Å². The van der Waals surface area contributed by atoms with Gasteiger partial charge in [0.15, 0.2) is 12.2 Å². The van der Waals surface area contributed by atoms with Crippen LogP contribution in [-0.2, 0) is 65.4 Å². The predicted octanol–water partition coefficient (Wildman–Crippen LogP) is 18.4. The number of ether oxygens (including phenoxy) is 4. The van der Waals surface area contributed by atoms with Gasteiger partial charge in [-0.25, -0.2) is 9.13 Å². The van der Waals surface area contributed by atoms with Gasteiger partial charge in [-0.15, -0.1) is 0 Å². The number of hydrogen-bond donors (Lipinski definition) is 3. The fourth-order valence-corrected chi connectivity index (χ4v) is 11.5. The van der Waals surface area contributed by atoms with Crippen molar-refractivity contribution in [3.05, 3.63) is 0 Å². The molecule has 0 amide bonds. The van der Waals surface area contributed by atoms with Crippen LogP contribution in [0.3, 0.4) is 0 Å². The first kappa shape index (κ1) is 83.1. The van der Waals surface area contributed by atoms with E-state index in [1.807, 2.05) is 0 Å². The Bertz CT molecular complexity index is 1670. The van der Waals surface area contributed by atoms with Gasteiger partial charge in [0.05, 0.1) is 26.4 Å². The molecule has 0 aliphatic carbocycles. The van der Waals surface area contributed by atoms with Crippen LogP contribution < -0.4 is 0 Å². The lowest BCUT2D eigenvalue weighted by Crippen LogP contribution is -2.30. The zero-order valence-corrected chi connectivity index (χ0v) is 56.7. The van der Waals surface area contributed by atoms with E-state index >= 15 is 0 Å². The number of rotatable bonds is 65. The van der Waals surface area contributed by atoms with Gasteiger partial charge in [-0.1, -0.05) is 279 Å². The third kappa shape index (κ3) is 60.7. The summed E-state index contributed by atoms with van der Waals surface area (Å²) in [6.45, 7) is 9.46. The molecule has 0 saturated carbocycles. The van der Waals surface area contributed by atoms with Crippen molar-refractivity contribution in [1.82, 2.24) is 0 Å². The van der Waals surface area contributed by atoms with Gasteiger partial charge in [0, 0.05) is 25.7 Å². The average molecular weight is 1260 g/mol.